The molecule has 0 spiro atoms. The zero-order valence-corrected chi connectivity index (χ0v) is 11.9. The van der Waals surface area contributed by atoms with Crippen LogP contribution in [0.5, 0.6) is 0 Å². The van der Waals surface area contributed by atoms with Crippen molar-refractivity contribution in [1.29, 1.82) is 0 Å². The second-order valence-corrected chi connectivity index (χ2v) is 5.08. The topological polar surface area (TPSA) is 75.6 Å². The van der Waals surface area contributed by atoms with E-state index in [-0.39, 0.29) is 18.1 Å². The zero-order valence-electron chi connectivity index (χ0n) is 11.9. The highest BCUT2D eigenvalue weighted by Crippen LogP contribution is 2.21. The van der Waals surface area contributed by atoms with E-state index in [1.807, 2.05) is 0 Å². The quantitative estimate of drug-likeness (QED) is 0.814. The number of aliphatic carboxylic acids is 1. The fourth-order valence-electron chi connectivity index (χ4n) is 2.54. The minimum atomic E-state index is -0.997. The molecule has 1 aliphatic rings. The molecule has 2 rings (SSSR count). The Balaban J connectivity index is 1.98. The molecular formula is C16H19NO4. The van der Waals surface area contributed by atoms with E-state index in [0.717, 1.165) is 30.9 Å². The molecule has 1 fully saturated rings. The molecule has 21 heavy (non-hydrogen) atoms. The monoisotopic (exact) mass is 289 g/mol. The van der Waals surface area contributed by atoms with Crippen molar-refractivity contribution in [2.75, 3.05) is 7.11 Å². The number of ether oxygens (including phenoxy) is 1. The first-order valence-electron chi connectivity index (χ1n) is 6.95. The first kappa shape index (κ1) is 15.3. The second kappa shape index (κ2) is 7.04. The third kappa shape index (κ3) is 4.16. The van der Waals surface area contributed by atoms with Crippen LogP contribution in [0.4, 0.5) is 0 Å². The van der Waals surface area contributed by atoms with Crippen molar-refractivity contribution >= 4 is 18.0 Å². The van der Waals surface area contributed by atoms with E-state index in [1.54, 1.807) is 31.4 Å². The van der Waals surface area contributed by atoms with Crippen LogP contribution in [0.2, 0.25) is 0 Å². The highest BCUT2D eigenvalue weighted by molar-refractivity contribution is 5.94. The first-order valence-corrected chi connectivity index (χ1v) is 6.95. The predicted molar refractivity (Wildman–Crippen MR) is 79.0 cm³/mol. The summed E-state index contributed by atoms with van der Waals surface area (Å²) >= 11 is 0. The molecular weight excluding hydrogens is 270 g/mol. The van der Waals surface area contributed by atoms with Crippen LogP contribution in [0.25, 0.3) is 6.08 Å². The summed E-state index contributed by atoms with van der Waals surface area (Å²) in [6, 6.07) is 6.88. The Hall–Kier alpha value is -2.14. The standard InChI is InChI=1S/C16H19NO4/c1-21-14-4-2-3-13(14)17-16(20)12-8-5-11(6-9-12)7-10-15(18)19/h5-10,13-14H,2-4H2,1H3,(H,17,20)(H,18,19). The van der Waals surface area contributed by atoms with Gasteiger partial charge in [0.1, 0.15) is 0 Å². The Bertz CT molecular complexity index is 536. The molecule has 0 heterocycles. The minimum absolute atomic E-state index is 0.0640. The SMILES string of the molecule is COC1CCCC1NC(=O)c1ccc(C=CC(=O)O)cc1. The normalized spacial score (nSPS) is 21.6. The van der Waals surface area contributed by atoms with Crippen LogP contribution in [0.15, 0.2) is 30.3 Å². The highest BCUT2D eigenvalue weighted by Gasteiger charge is 2.28. The number of carboxylic acids is 1. The Labute approximate surface area is 123 Å². The molecule has 1 aliphatic carbocycles. The maximum absolute atomic E-state index is 12.2. The van der Waals surface area contributed by atoms with Crippen LogP contribution < -0.4 is 5.32 Å². The molecule has 1 amide bonds. The van der Waals surface area contributed by atoms with Crippen LogP contribution in [0.1, 0.15) is 35.2 Å². The smallest absolute Gasteiger partial charge is 0.328 e. The Morgan fingerprint density at radius 1 is 1.29 bits per heavy atom. The van der Waals surface area contributed by atoms with Crippen LogP contribution in [0, 0.1) is 0 Å². The summed E-state index contributed by atoms with van der Waals surface area (Å²) in [4.78, 5) is 22.6. The zero-order chi connectivity index (χ0) is 15.2. The van der Waals surface area contributed by atoms with Gasteiger partial charge in [0, 0.05) is 18.7 Å². The van der Waals surface area contributed by atoms with Gasteiger partial charge in [0.25, 0.3) is 5.91 Å². The fourth-order valence-corrected chi connectivity index (χ4v) is 2.54. The summed E-state index contributed by atoms with van der Waals surface area (Å²) in [5.74, 6) is -1.12. The van der Waals surface area contributed by atoms with Gasteiger partial charge in [-0.05, 0) is 43.0 Å². The average Bonchev–Trinajstić information content (AvgIpc) is 2.92. The Morgan fingerprint density at radius 3 is 2.62 bits per heavy atom. The molecule has 2 atom stereocenters. The Morgan fingerprint density at radius 2 is 2.00 bits per heavy atom. The highest BCUT2D eigenvalue weighted by atomic mass is 16.5. The van der Waals surface area contributed by atoms with Gasteiger partial charge in [-0.1, -0.05) is 12.1 Å². The van der Waals surface area contributed by atoms with Crippen molar-refractivity contribution in [2.45, 2.75) is 31.4 Å². The van der Waals surface area contributed by atoms with Crippen molar-refractivity contribution in [3.8, 4) is 0 Å². The summed E-state index contributed by atoms with van der Waals surface area (Å²) in [5, 5.41) is 11.6. The number of carbonyl (C=O) groups is 2. The first-order chi connectivity index (χ1) is 10.1. The van der Waals surface area contributed by atoms with Gasteiger partial charge in [0.15, 0.2) is 0 Å². The molecule has 0 saturated heterocycles. The van der Waals surface area contributed by atoms with E-state index in [0.29, 0.717) is 5.56 Å². The molecule has 112 valence electrons. The molecule has 0 aliphatic heterocycles. The summed E-state index contributed by atoms with van der Waals surface area (Å²) in [6.45, 7) is 0. The molecule has 5 heteroatoms. The van der Waals surface area contributed by atoms with Gasteiger partial charge in [-0.15, -0.1) is 0 Å². The summed E-state index contributed by atoms with van der Waals surface area (Å²) in [5.41, 5.74) is 1.30. The predicted octanol–water partition coefficient (Wildman–Crippen LogP) is 2.08. The van der Waals surface area contributed by atoms with E-state index >= 15 is 0 Å². The number of benzene rings is 1. The van der Waals surface area contributed by atoms with Crippen LogP contribution in [-0.2, 0) is 9.53 Å². The van der Waals surface area contributed by atoms with Gasteiger partial charge in [-0.2, -0.15) is 0 Å². The molecule has 1 saturated carbocycles. The van der Waals surface area contributed by atoms with Gasteiger partial charge in [0.05, 0.1) is 12.1 Å². The molecule has 2 unspecified atom stereocenters. The number of hydrogen-bond acceptors (Lipinski definition) is 3. The van der Waals surface area contributed by atoms with Crippen molar-refractivity contribution < 1.29 is 19.4 Å². The molecule has 2 N–H and O–H groups in total. The lowest BCUT2D eigenvalue weighted by Crippen LogP contribution is -2.40. The van der Waals surface area contributed by atoms with Crippen LogP contribution in [0.3, 0.4) is 0 Å². The van der Waals surface area contributed by atoms with Gasteiger partial charge in [-0.25, -0.2) is 4.79 Å². The lowest BCUT2D eigenvalue weighted by atomic mass is 10.1. The van der Waals surface area contributed by atoms with E-state index in [9.17, 15) is 9.59 Å². The maximum Gasteiger partial charge on any atom is 0.328 e. The summed E-state index contributed by atoms with van der Waals surface area (Å²) in [6.07, 6.45) is 5.61. The average molecular weight is 289 g/mol. The molecule has 1 aromatic rings. The lowest BCUT2D eigenvalue weighted by Gasteiger charge is -2.19. The number of rotatable bonds is 5. The lowest BCUT2D eigenvalue weighted by molar-refractivity contribution is -0.131. The molecule has 0 radical (unpaired) electrons. The largest absolute Gasteiger partial charge is 0.478 e. The number of carboxylic acid groups (broad SMARTS) is 1. The van der Waals surface area contributed by atoms with Crippen molar-refractivity contribution in [3.63, 3.8) is 0 Å². The van der Waals surface area contributed by atoms with Crippen LogP contribution in [-0.4, -0.2) is 36.2 Å². The fraction of sp³-hybridized carbons (Fsp3) is 0.375. The van der Waals surface area contributed by atoms with Gasteiger partial charge < -0.3 is 15.2 Å². The van der Waals surface area contributed by atoms with Gasteiger partial charge in [-0.3, -0.25) is 4.79 Å². The van der Waals surface area contributed by atoms with Gasteiger partial charge >= 0.3 is 5.97 Å². The third-order valence-electron chi connectivity index (χ3n) is 3.66. The number of carbonyl (C=O) groups excluding carboxylic acids is 1. The van der Waals surface area contributed by atoms with Crippen molar-refractivity contribution in [1.82, 2.24) is 5.32 Å². The van der Waals surface area contributed by atoms with Crippen molar-refractivity contribution in [2.24, 2.45) is 0 Å². The third-order valence-corrected chi connectivity index (χ3v) is 3.66. The number of methoxy groups -OCH3 is 1. The number of hydrogen-bond donors (Lipinski definition) is 2. The summed E-state index contributed by atoms with van der Waals surface area (Å²) in [7, 11) is 1.67. The number of nitrogens with one attached hydrogen (secondary N) is 1. The number of amides is 1. The second-order valence-electron chi connectivity index (χ2n) is 5.08. The van der Waals surface area contributed by atoms with E-state index in [1.165, 1.54) is 6.08 Å². The maximum atomic E-state index is 12.2. The van der Waals surface area contributed by atoms with Gasteiger partial charge in [0.2, 0.25) is 0 Å². The van der Waals surface area contributed by atoms with Crippen LogP contribution >= 0.6 is 0 Å². The minimum Gasteiger partial charge on any atom is -0.478 e. The molecule has 0 aromatic heterocycles. The molecule has 5 nitrogen and oxygen atoms in total. The van der Waals surface area contributed by atoms with E-state index < -0.39 is 5.97 Å². The summed E-state index contributed by atoms with van der Waals surface area (Å²) < 4.78 is 5.35. The van der Waals surface area contributed by atoms with Crippen molar-refractivity contribution in [3.05, 3.63) is 41.5 Å². The molecule has 0 bridgehead atoms. The molecule has 1 aromatic carbocycles. The van der Waals surface area contributed by atoms with E-state index in [4.69, 9.17) is 9.84 Å². The van der Waals surface area contributed by atoms with E-state index in [2.05, 4.69) is 5.32 Å². The Kier molecular flexibility index (Phi) is 5.11.